The summed E-state index contributed by atoms with van der Waals surface area (Å²) in [5.74, 6) is -0.177. The number of benzene rings is 2. The normalized spacial score (nSPS) is 10.3. The first-order valence-electron chi connectivity index (χ1n) is 7.81. The van der Waals surface area contributed by atoms with E-state index in [1.54, 1.807) is 49.6 Å². The Morgan fingerprint density at radius 1 is 1.16 bits per heavy atom. The number of nitrogens with one attached hydrogen (secondary N) is 1. The van der Waals surface area contributed by atoms with Crippen molar-refractivity contribution in [1.29, 1.82) is 0 Å². The van der Waals surface area contributed by atoms with Crippen molar-refractivity contribution >= 4 is 11.6 Å². The van der Waals surface area contributed by atoms with Crippen LogP contribution in [0.4, 0.5) is 10.1 Å². The van der Waals surface area contributed by atoms with Gasteiger partial charge in [0.1, 0.15) is 18.2 Å². The molecular formula is C20H17FN2O2. The number of nitrogens with zero attached hydrogens (tertiary/aromatic N) is 1. The van der Waals surface area contributed by atoms with Crippen LogP contribution >= 0.6 is 0 Å². The van der Waals surface area contributed by atoms with E-state index in [2.05, 4.69) is 10.3 Å². The van der Waals surface area contributed by atoms with E-state index in [9.17, 15) is 9.18 Å². The number of halogens is 1. The van der Waals surface area contributed by atoms with Crippen molar-refractivity contribution in [3.05, 3.63) is 89.5 Å². The summed E-state index contributed by atoms with van der Waals surface area (Å²) in [4.78, 5) is 16.4. The second kappa shape index (κ2) is 7.57. The van der Waals surface area contributed by atoms with E-state index in [0.717, 1.165) is 5.56 Å². The van der Waals surface area contributed by atoms with Gasteiger partial charge in [-0.2, -0.15) is 0 Å². The number of carbonyl (C=O) groups excluding carboxylic acids is 1. The van der Waals surface area contributed by atoms with E-state index in [1.807, 2.05) is 12.1 Å². The van der Waals surface area contributed by atoms with E-state index >= 15 is 0 Å². The van der Waals surface area contributed by atoms with Crippen LogP contribution in [-0.4, -0.2) is 10.9 Å². The number of aryl methyl sites for hydroxylation is 1. The Bertz CT molecular complexity index is 882. The van der Waals surface area contributed by atoms with Crippen LogP contribution in [0.3, 0.4) is 0 Å². The predicted molar refractivity (Wildman–Crippen MR) is 94.1 cm³/mol. The Morgan fingerprint density at radius 3 is 2.84 bits per heavy atom. The average Bonchev–Trinajstić information content (AvgIpc) is 2.63. The molecule has 3 aromatic rings. The number of rotatable bonds is 5. The summed E-state index contributed by atoms with van der Waals surface area (Å²) < 4.78 is 19.1. The zero-order chi connectivity index (χ0) is 17.6. The number of amides is 1. The van der Waals surface area contributed by atoms with Crippen LogP contribution in [0.1, 0.15) is 21.5 Å². The summed E-state index contributed by atoms with van der Waals surface area (Å²) in [6, 6.07) is 15.0. The van der Waals surface area contributed by atoms with Crippen molar-refractivity contribution in [1.82, 2.24) is 4.98 Å². The lowest BCUT2D eigenvalue weighted by Gasteiger charge is -2.10. The molecule has 1 N–H and O–H groups in total. The van der Waals surface area contributed by atoms with Gasteiger partial charge in [-0.1, -0.05) is 18.2 Å². The van der Waals surface area contributed by atoms with Crippen LogP contribution in [0.2, 0.25) is 0 Å². The highest BCUT2D eigenvalue weighted by molar-refractivity contribution is 6.05. The lowest BCUT2D eigenvalue weighted by atomic mass is 10.1. The first kappa shape index (κ1) is 16.6. The van der Waals surface area contributed by atoms with Crippen molar-refractivity contribution < 1.29 is 13.9 Å². The Morgan fingerprint density at radius 2 is 2.04 bits per heavy atom. The molecule has 0 aliphatic rings. The summed E-state index contributed by atoms with van der Waals surface area (Å²) in [6.45, 7) is 2.15. The number of hydrogen-bond donors (Lipinski definition) is 1. The first-order chi connectivity index (χ1) is 12.1. The van der Waals surface area contributed by atoms with Crippen molar-refractivity contribution in [2.24, 2.45) is 0 Å². The number of ether oxygens (including phenoxy) is 1. The Balaban J connectivity index is 1.69. The first-order valence-corrected chi connectivity index (χ1v) is 7.81. The van der Waals surface area contributed by atoms with Crippen molar-refractivity contribution in [3.8, 4) is 5.75 Å². The molecule has 0 atom stereocenters. The highest BCUT2D eigenvalue weighted by Gasteiger charge is 2.11. The minimum Gasteiger partial charge on any atom is -0.489 e. The van der Waals surface area contributed by atoms with E-state index in [-0.39, 0.29) is 5.91 Å². The zero-order valence-corrected chi connectivity index (χ0v) is 13.7. The van der Waals surface area contributed by atoms with Gasteiger partial charge >= 0.3 is 0 Å². The molecule has 5 heteroatoms. The number of carbonyl (C=O) groups is 1. The van der Waals surface area contributed by atoms with Crippen LogP contribution < -0.4 is 10.1 Å². The van der Waals surface area contributed by atoms with Gasteiger partial charge in [0.05, 0.1) is 0 Å². The molecule has 0 bridgehead atoms. The highest BCUT2D eigenvalue weighted by Crippen LogP contribution is 2.20. The lowest BCUT2D eigenvalue weighted by Crippen LogP contribution is -2.13. The maximum atomic E-state index is 13.4. The Hall–Kier alpha value is -3.21. The van der Waals surface area contributed by atoms with Gasteiger partial charge < -0.3 is 10.1 Å². The minimum absolute atomic E-state index is 0.307. The summed E-state index contributed by atoms with van der Waals surface area (Å²) in [5, 5.41) is 2.77. The van der Waals surface area contributed by atoms with Crippen LogP contribution in [0.5, 0.6) is 5.75 Å². The Labute approximate surface area is 145 Å². The van der Waals surface area contributed by atoms with Gasteiger partial charge in [0.25, 0.3) is 5.91 Å². The number of hydrogen-bond acceptors (Lipinski definition) is 3. The number of pyridine rings is 1. The number of aromatic nitrogens is 1. The third-order valence-electron chi connectivity index (χ3n) is 3.66. The van der Waals surface area contributed by atoms with Crippen LogP contribution in [-0.2, 0) is 6.61 Å². The largest absolute Gasteiger partial charge is 0.489 e. The molecule has 25 heavy (non-hydrogen) atoms. The molecule has 1 aromatic heterocycles. The maximum absolute atomic E-state index is 13.4. The molecule has 2 aromatic carbocycles. The molecule has 1 amide bonds. The summed E-state index contributed by atoms with van der Waals surface area (Å²) in [6.07, 6.45) is 3.44. The summed E-state index contributed by atoms with van der Waals surface area (Å²) in [7, 11) is 0. The summed E-state index contributed by atoms with van der Waals surface area (Å²) >= 11 is 0. The molecule has 0 aliphatic carbocycles. The van der Waals surface area contributed by atoms with Crippen LogP contribution in [0, 0.1) is 12.7 Å². The quantitative estimate of drug-likeness (QED) is 0.753. The van der Waals surface area contributed by atoms with Gasteiger partial charge in [0.2, 0.25) is 0 Å². The molecule has 3 rings (SSSR count). The lowest BCUT2D eigenvalue weighted by molar-refractivity contribution is 0.102. The van der Waals surface area contributed by atoms with Crippen molar-refractivity contribution in [3.63, 3.8) is 0 Å². The van der Waals surface area contributed by atoms with Gasteiger partial charge in [-0.15, -0.1) is 0 Å². The third-order valence-corrected chi connectivity index (χ3v) is 3.66. The smallest absolute Gasteiger partial charge is 0.256 e. The average molecular weight is 336 g/mol. The SMILES string of the molecule is Cc1ccc(F)cc1C(=O)Nc1cccc(OCc2cccnc2)c1. The van der Waals surface area contributed by atoms with E-state index in [0.29, 0.717) is 29.2 Å². The van der Waals surface area contributed by atoms with E-state index < -0.39 is 5.82 Å². The molecule has 0 aliphatic heterocycles. The molecule has 0 fully saturated rings. The number of anilines is 1. The molecule has 0 spiro atoms. The third kappa shape index (κ3) is 4.41. The van der Waals surface area contributed by atoms with Gasteiger partial charge in [-0.25, -0.2) is 4.39 Å². The molecule has 126 valence electrons. The Kier molecular flexibility index (Phi) is 5.04. The highest BCUT2D eigenvalue weighted by atomic mass is 19.1. The molecular weight excluding hydrogens is 319 g/mol. The fourth-order valence-electron chi connectivity index (χ4n) is 2.35. The fraction of sp³-hybridized carbons (Fsp3) is 0.100. The van der Waals surface area contributed by atoms with E-state index in [4.69, 9.17) is 4.74 Å². The van der Waals surface area contributed by atoms with Crippen molar-refractivity contribution in [2.45, 2.75) is 13.5 Å². The van der Waals surface area contributed by atoms with Crippen LogP contribution in [0.25, 0.3) is 0 Å². The van der Waals surface area contributed by atoms with Crippen molar-refractivity contribution in [2.75, 3.05) is 5.32 Å². The maximum Gasteiger partial charge on any atom is 0.256 e. The molecule has 0 saturated carbocycles. The summed E-state index contributed by atoms with van der Waals surface area (Å²) in [5.41, 5.74) is 2.55. The van der Waals surface area contributed by atoms with E-state index in [1.165, 1.54) is 12.1 Å². The van der Waals surface area contributed by atoms with Gasteiger partial charge in [-0.3, -0.25) is 9.78 Å². The standard InChI is InChI=1S/C20H17FN2O2/c1-14-7-8-16(21)10-19(14)20(24)23-17-5-2-6-18(11-17)25-13-15-4-3-9-22-12-15/h2-12H,13H2,1H3,(H,23,24). The van der Waals surface area contributed by atoms with Gasteiger partial charge in [0, 0.05) is 35.3 Å². The molecule has 1 heterocycles. The molecule has 4 nitrogen and oxygen atoms in total. The minimum atomic E-state index is -0.440. The molecule has 0 saturated heterocycles. The fourth-order valence-corrected chi connectivity index (χ4v) is 2.35. The van der Waals surface area contributed by atoms with Crippen LogP contribution in [0.15, 0.2) is 67.0 Å². The zero-order valence-electron chi connectivity index (χ0n) is 13.7. The van der Waals surface area contributed by atoms with Gasteiger partial charge in [-0.05, 0) is 42.8 Å². The second-order valence-corrected chi connectivity index (χ2v) is 5.59. The predicted octanol–water partition coefficient (Wildman–Crippen LogP) is 4.36. The van der Waals surface area contributed by atoms with Gasteiger partial charge in [0.15, 0.2) is 0 Å². The topological polar surface area (TPSA) is 51.2 Å². The second-order valence-electron chi connectivity index (χ2n) is 5.59. The molecule has 0 unspecified atom stereocenters. The monoisotopic (exact) mass is 336 g/mol. The molecule has 0 radical (unpaired) electrons.